The maximum absolute atomic E-state index is 13.1. The summed E-state index contributed by atoms with van der Waals surface area (Å²) >= 11 is 0. The van der Waals surface area contributed by atoms with E-state index in [0.29, 0.717) is 25.8 Å². The fourth-order valence-corrected chi connectivity index (χ4v) is 3.47. The Morgan fingerprint density at radius 2 is 1.92 bits per heavy atom. The van der Waals surface area contributed by atoms with Crippen LogP contribution in [0.1, 0.15) is 31.2 Å². The van der Waals surface area contributed by atoms with Gasteiger partial charge in [-0.15, -0.1) is 0 Å². The lowest BCUT2D eigenvalue weighted by atomic mass is 9.95. The van der Waals surface area contributed by atoms with E-state index in [4.69, 9.17) is 0 Å². The van der Waals surface area contributed by atoms with Gasteiger partial charge in [0.1, 0.15) is 11.9 Å². The SMILES string of the molecule is CNC(=O)C1CCCN1C(=O)CNC(=O)C1(c2ccc(F)cc2)CC1. The highest BCUT2D eigenvalue weighted by atomic mass is 19.1. The lowest BCUT2D eigenvalue weighted by Gasteiger charge is -2.24. The Kier molecular flexibility index (Phi) is 4.74. The van der Waals surface area contributed by atoms with Crippen LogP contribution in [0.5, 0.6) is 0 Å². The monoisotopic (exact) mass is 347 g/mol. The molecule has 1 saturated carbocycles. The minimum Gasteiger partial charge on any atom is -0.357 e. The summed E-state index contributed by atoms with van der Waals surface area (Å²) in [5.41, 5.74) is 0.113. The van der Waals surface area contributed by atoms with Crippen LogP contribution in [0.15, 0.2) is 24.3 Å². The van der Waals surface area contributed by atoms with Crippen molar-refractivity contribution in [1.29, 1.82) is 0 Å². The van der Waals surface area contributed by atoms with Crippen molar-refractivity contribution in [3.63, 3.8) is 0 Å². The van der Waals surface area contributed by atoms with Crippen molar-refractivity contribution in [1.82, 2.24) is 15.5 Å². The van der Waals surface area contributed by atoms with E-state index < -0.39 is 11.5 Å². The molecule has 1 saturated heterocycles. The van der Waals surface area contributed by atoms with Gasteiger partial charge in [0.05, 0.1) is 12.0 Å². The van der Waals surface area contributed by atoms with Crippen LogP contribution < -0.4 is 10.6 Å². The molecule has 0 spiro atoms. The molecule has 1 aliphatic carbocycles. The minimum absolute atomic E-state index is 0.130. The van der Waals surface area contributed by atoms with Crippen molar-refractivity contribution < 1.29 is 18.8 Å². The molecule has 134 valence electrons. The molecular formula is C18H22FN3O3. The maximum atomic E-state index is 13.1. The largest absolute Gasteiger partial charge is 0.357 e. The van der Waals surface area contributed by atoms with E-state index >= 15 is 0 Å². The maximum Gasteiger partial charge on any atom is 0.242 e. The zero-order valence-corrected chi connectivity index (χ0v) is 14.2. The summed E-state index contributed by atoms with van der Waals surface area (Å²) in [5.74, 6) is -0.996. The summed E-state index contributed by atoms with van der Waals surface area (Å²) in [6, 6.07) is 5.46. The summed E-state index contributed by atoms with van der Waals surface area (Å²) in [7, 11) is 1.55. The molecule has 1 aromatic carbocycles. The lowest BCUT2D eigenvalue weighted by Crippen LogP contribution is -2.49. The second kappa shape index (κ2) is 6.82. The third kappa shape index (κ3) is 3.36. The number of amides is 3. The summed E-state index contributed by atoms with van der Waals surface area (Å²) in [6.45, 7) is 0.394. The number of benzene rings is 1. The van der Waals surface area contributed by atoms with Gasteiger partial charge in [-0.2, -0.15) is 0 Å². The van der Waals surface area contributed by atoms with E-state index in [-0.39, 0.29) is 30.1 Å². The average molecular weight is 347 g/mol. The Bertz CT molecular complexity index is 685. The molecule has 25 heavy (non-hydrogen) atoms. The van der Waals surface area contributed by atoms with Crippen LogP contribution in [0.4, 0.5) is 4.39 Å². The molecule has 0 radical (unpaired) electrons. The highest BCUT2D eigenvalue weighted by molar-refractivity contribution is 5.95. The number of rotatable bonds is 5. The van der Waals surface area contributed by atoms with Crippen LogP contribution in [0.2, 0.25) is 0 Å². The van der Waals surface area contributed by atoms with Gasteiger partial charge < -0.3 is 15.5 Å². The van der Waals surface area contributed by atoms with Gasteiger partial charge in [-0.25, -0.2) is 4.39 Å². The van der Waals surface area contributed by atoms with Crippen LogP contribution >= 0.6 is 0 Å². The Morgan fingerprint density at radius 1 is 1.24 bits per heavy atom. The lowest BCUT2D eigenvalue weighted by molar-refractivity contribution is -0.138. The molecule has 2 fully saturated rings. The van der Waals surface area contributed by atoms with Crippen molar-refractivity contribution in [3.05, 3.63) is 35.6 Å². The Hall–Kier alpha value is -2.44. The van der Waals surface area contributed by atoms with E-state index in [1.165, 1.54) is 17.0 Å². The van der Waals surface area contributed by atoms with Gasteiger partial charge in [0.2, 0.25) is 17.7 Å². The topological polar surface area (TPSA) is 78.5 Å². The molecule has 1 aliphatic heterocycles. The molecule has 1 aromatic rings. The predicted octanol–water partition coefficient (Wildman–Crippen LogP) is 0.710. The van der Waals surface area contributed by atoms with E-state index in [1.54, 1.807) is 19.2 Å². The first kappa shape index (κ1) is 17.4. The average Bonchev–Trinajstić information content (AvgIpc) is 3.28. The van der Waals surface area contributed by atoms with E-state index in [1.807, 2.05) is 0 Å². The smallest absolute Gasteiger partial charge is 0.242 e. The molecule has 7 heteroatoms. The zero-order chi connectivity index (χ0) is 18.0. The van der Waals surface area contributed by atoms with E-state index in [2.05, 4.69) is 10.6 Å². The van der Waals surface area contributed by atoms with Crippen LogP contribution in [-0.4, -0.2) is 48.8 Å². The number of halogens is 1. The van der Waals surface area contributed by atoms with Crippen molar-refractivity contribution in [2.45, 2.75) is 37.1 Å². The zero-order valence-electron chi connectivity index (χ0n) is 14.2. The minimum atomic E-state index is -0.654. The highest BCUT2D eigenvalue weighted by Crippen LogP contribution is 2.48. The number of likely N-dealkylation sites (N-methyl/N-ethyl adjacent to an activating group) is 1. The predicted molar refractivity (Wildman–Crippen MR) is 89.1 cm³/mol. The normalized spacial score (nSPS) is 20.9. The number of carbonyl (C=O) groups excluding carboxylic acids is 3. The first-order chi connectivity index (χ1) is 12.0. The molecule has 1 unspecified atom stereocenters. The molecule has 0 aromatic heterocycles. The van der Waals surface area contributed by atoms with Gasteiger partial charge in [0.25, 0.3) is 0 Å². The van der Waals surface area contributed by atoms with E-state index in [0.717, 1.165) is 12.0 Å². The number of likely N-dealkylation sites (tertiary alicyclic amines) is 1. The van der Waals surface area contributed by atoms with Crippen LogP contribution in [-0.2, 0) is 19.8 Å². The standard InChI is InChI=1S/C18H22FN3O3/c1-20-16(24)14-3-2-10-22(14)15(23)11-21-17(25)18(8-9-18)12-4-6-13(19)7-5-12/h4-7,14H,2-3,8-11H2,1H3,(H,20,24)(H,21,25). The van der Waals surface area contributed by atoms with Gasteiger partial charge in [-0.1, -0.05) is 12.1 Å². The molecular weight excluding hydrogens is 325 g/mol. The first-order valence-electron chi connectivity index (χ1n) is 8.53. The van der Waals surface area contributed by atoms with Gasteiger partial charge in [-0.3, -0.25) is 14.4 Å². The third-order valence-electron chi connectivity index (χ3n) is 5.10. The third-order valence-corrected chi connectivity index (χ3v) is 5.10. The first-order valence-corrected chi connectivity index (χ1v) is 8.53. The van der Waals surface area contributed by atoms with Crippen molar-refractivity contribution in [2.24, 2.45) is 0 Å². The fourth-order valence-electron chi connectivity index (χ4n) is 3.47. The summed E-state index contributed by atoms with van der Waals surface area (Å²) in [6.07, 6.45) is 2.78. The number of carbonyl (C=O) groups is 3. The van der Waals surface area contributed by atoms with E-state index in [9.17, 15) is 18.8 Å². The number of nitrogens with zero attached hydrogens (tertiary/aromatic N) is 1. The Labute approximate surface area is 145 Å². The van der Waals surface area contributed by atoms with Gasteiger partial charge in [-0.05, 0) is 43.4 Å². The van der Waals surface area contributed by atoms with Crippen LogP contribution in [0.25, 0.3) is 0 Å². The van der Waals surface area contributed by atoms with Crippen molar-refractivity contribution in [3.8, 4) is 0 Å². The quantitative estimate of drug-likeness (QED) is 0.823. The molecule has 6 nitrogen and oxygen atoms in total. The fraction of sp³-hybridized carbons (Fsp3) is 0.500. The Balaban J connectivity index is 1.59. The Morgan fingerprint density at radius 3 is 2.52 bits per heavy atom. The number of nitrogens with one attached hydrogen (secondary N) is 2. The molecule has 1 heterocycles. The second-order valence-electron chi connectivity index (χ2n) is 6.63. The molecule has 2 N–H and O–H groups in total. The van der Waals surface area contributed by atoms with Gasteiger partial charge in [0.15, 0.2) is 0 Å². The van der Waals surface area contributed by atoms with Crippen molar-refractivity contribution >= 4 is 17.7 Å². The molecule has 1 atom stereocenters. The number of hydrogen-bond acceptors (Lipinski definition) is 3. The van der Waals surface area contributed by atoms with Crippen molar-refractivity contribution in [2.75, 3.05) is 20.1 Å². The summed E-state index contributed by atoms with van der Waals surface area (Å²) in [4.78, 5) is 38.3. The molecule has 3 rings (SSSR count). The summed E-state index contributed by atoms with van der Waals surface area (Å²) in [5, 5.41) is 5.26. The highest BCUT2D eigenvalue weighted by Gasteiger charge is 2.51. The molecule has 3 amide bonds. The van der Waals surface area contributed by atoms with Gasteiger partial charge in [0, 0.05) is 13.6 Å². The number of hydrogen-bond donors (Lipinski definition) is 2. The molecule has 2 aliphatic rings. The second-order valence-corrected chi connectivity index (χ2v) is 6.63. The summed E-state index contributed by atoms with van der Waals surface area (Å²) < 4.78 is 13.1. The van der Waals surface area contributed by atoms with Crippen LogP contribution in [0, 0.1) is 5.82 Å². The molecule has 0 bridgehead atoms. The van der Waals surface area contributed by atoms with Crippen LogP contribution in [0.3, 0.4) is 0 Å². The van der Waals surface area contributed by atoms with Gasteiger partial charge >= 0.3 is 0 Å².